The highest BCUT2D eigenvalue weighted by atomic mass is 16.5. The number of nitrogens with one attached hydrogen (secondary N) is 1. The number of unbranched alkanes of at least 4 members (excludes halogenated alkanes) is 20. The first-order valence-electron chi connectivity index (χ1n) is 27.5. The Labute approximate surface area is 390 Å². The summed E-state index contributed by atoms with van der Waals surface area (Å²) in [7, 11) is 0. The van der Waals surface area contributed by atoms with Crippen molar-refractivity contribution in [2.45, 2.75) is 258 Å². The molecule has 0 aromatic heterocycles. The van der Waals surface area contributed by atoms with Gasteiger partial charge in [-0.1, -0.05) is 156 Å². The minimum Gasteiger partial charge on any atom is -0.465 e. The third kappa shape index (κ3) is 38.1. The molecule has 1 atom stereocenters. The fraction of sp³-hybridized carbons (Fsp3) is 0.944. The summed E-state index contributed by atoms with van der Waals surface area (Å²) in [5, 5.41) is 13.1. The molecule has 1 aliphatic carbocycles. The molecule has 0 aromatic carbocycles. The number of hydrogen-bond donors (Lipinski definition) is 2. The van der Waals surface area contributed by atoms with Crippen molar-refractivity contribution in [1.82, 2.24) is 15.1 Å². The summed E-state index contributed by atoms with van der Waals surface area (Å²) in [4.78, 5) is 42.9. The summed E-state index contributed by atoms with van der Waals surface area (Å²) in [6.07, 6.45) is 39.3. The van der Waals surface area contributed by atoms with Gasteiger partial charge in [0, 0.05) is 44.3 Å². The van der Waals surface area contributed by atoms with Crippen molar-refractivity contribution >= 4 is 17.8 Å². The van der Waals surface area contributed by atoms with Crippen LogP contribution in [0.25, 0.3) is 0 Å². The second-order valence-corrected chi connectivity index (χ2v) is 19.5. The molecule has 372 valence electrons. The van der Waals surface area contributed by atoms with Gasteiger partial charge in [0.2, 0.25) is 5.91 Å². The number of esters is 2. The van der Waals surface area contributed by atoms with Crippen molar-refractivity contribution in [2.75, 3.05) is 59.1 Å². The van der Waals surface area contributed by atoms with Gasteiger partial charge in [-0.3, -0.25) is 14.4 Å². The Hall–Kier alpha value is -1.71. The highest BCUT2D eigenvalue weighted by molar-refractivity contribution is 5.75. The van der Waals surface area contributed by atoms with E-state index in [0.29, 0.717) is 44.9 Å². The minimum absolute atomic E-state index is 0.0112. The van der Waals surface area contributed by atoms with E-state index in [1.165, 1.54) is 116 Å². The van der Waals surface area contributed by atoms with E-state index in [0.717, 1.165) is 129 Å². The van der Waals surface area contributed by atoms with Crippen LogP contribution in [0.15, 0.2) is 0 Å². The molecule has 9 nitrogen and oxygen atoms in total. The summed E-state index contributed by atoms with van der Waals surface area (Å²) >= 11 is 0. The first-order chi connectivity index (χ1) is 30.9. The quantitative estimate of drug-likeness (QED) is 0.0459. The molecule has 0 radical (unpaired) electrons. The summed E-state index contributed by atoms with van der Waals surface area (Å²) in [6.45, 7) is 15.5. The van der Waals surface area contributed by atoms with Crippen molar-refractivity contribution in [3.05, 3.63) is 0 Å². The van der Waals surface area contributed by atoms with Crippen LogP contribution >= 0.6 is 0 Å². The Morgan fingerprint density at radius 2 is 0.889 bits per heavy atom. The number of aliphatic hydroxyl groups excluding tert-OH is 1. The first-order valence-corrected chi connectivity index (χ1v) is 27.5. The lowest BCUT2D eigenvalue weighted by Gasteiger charge is -2.24. The molecular formula is C54H105N3O6. The van der Waals surface area contributed by atoms with Crippen molar-refractivity contribution in [3.63, 3.8) is 0 Å². The van der Waals surface area contributed by atoms with E-state index in [2.05, 4.69) is 42.8 Å². The highest BCUT2D eigenvalue weighted by Crippen LogP contribution is 2.27. The van der Waals surface area contributed by atoms with Gasteiger partial charge < -0.3 is 29.7 Å². The number of ether oxygens (including phenoxy) is 2. The number of aliphatic hydroxyl groups is 1. The zero-order valence-corrected chi connectivity index (χ0v) is 42.2. The number of amides is 1. The Kier molecular flexibility index (Phi) is 41.6. The van der Waals surface area contributed by atoms with E-state index in [1.54, 1.807) is 0 Å². The molecule has 0 heterocycles. The third-order valence-corrected chi connectivity index (χ3v) is 13.3. The van der Waals surface area contributed by atoms with Gasteiger partial charge in [-0.2, -0.15) is 0 Å². The van der Waals surface area contributed by atoms with Gasteiger partial charge in [0.25, 0.3) is 0 Å². The highest BCUT2D eigenvalue weighted by Gasteiger charge is 2.28. The van der Waals surface area contributed by atoms with Gasteiger partial charge in [-0.25, -0.2) is 0 Å². The average Bonchev–Trinajstić information content (AvgIpc) is 4.13. The van der Waals surface area contributed by atoms with Gasteiger partial charge in [0.05, 0.1) is 19.8 Å². The molecule has 9 heteroatoms. The summed E-state index contributed by atoms with van der Waals surface area (Å²) in [6, 6.07) is 0.742. The third-order valence-electron chi connectivity index (χ3n) is 13.3. The van der Waals surface area contributed by atoms with Crippen LogP contribution in [0.4, 0.5) is 0 Å². The van der Waals surface area contributed by atoms with Crippen LogP contribution in [0, 0.1) is 11.8 Å². The Bertz CT molecular complexity index is 1010. The van der Waals surface area contributed by atoms with Crippen LogP contribution in [-0.4, -0.2) is 97.9 Å². The molecule has 0 aromatic rings. The van der Waals surface area contributed by atoms with Crippen LogP contribution in [-0.2, 0) is 23.9 Å². The predicted molar refractivity (Wildman–Crippen MR) is 265 cm³/mol. The SMILES string of the molecule is CCCCCCCCC(CCCCCC)CNC(=O)CCCCCN(CCCCN(CCO)CCCCC(COC(=O)CCCCCCC)COC(=O)CCCCCCC)C1CC1. The molecule has 1 unspecified atom stereocenters. The Morgan fingerprint density at radius 3 is 1.41 bits per heavy atom. The Morgan fingerprint density at radius 1 is 0.492 bits per heavy atom. The number of hydrogen-bond acceptors (Lipinski definition) is 8. The molecule has 63 heavy (non-hydrogen) atoms. The largest absolute Gasteiger partial charge is 0.465 e. The molecule has 0 spiro atoms. The van der Waals surface area contributed by atoms with Crippen LogP contribution in [0.1, 0.15) is 252 Å². The lowest BCUT2D eigenvalue weighted by Crippen LogP contribution is -2.31. The molecule has 0 aliphatic heterocycles. The Balaban J connectivity index is 2.40. The maximum absolute atomic E-state index is 12.8. The molecule has 1 saturated carbocycles. The van der Waals surface area contributed by atoms with Gasteiger partial charge >= 0.3 is 11.9 Å². The van der Waals surface area contributed by atoms with Gasteiger partial charge in [0.15, 0.2) is 0 Å². The normalized spacial score (nSPS) is 13.3. The monoisotopic (exact) mass is 892 g/mol. The number of rotatable bonds is 49. The molecule has 2 N–H and O–H groups in total. The van der Waals surface area contributed by atoms with Crippen molar-refractivity contribution in [3.8, 4) is 0 Å². The smallest absolute Gasteiger partial charge is 0.305 e. The van der Waals surface area contributed by atoms with E-state index in [1.807, 2.05) is 0 Å². The molecule has 1 amide bonds. The number of carbonyl (C=O) groups is 3. The predicted octanol–water partition coefficient (Wildman–Crippen LogP) is 13.1. The molecule has 0 saturated heterocycles. The topological polar surface area (TPSA) is 108 Å². The molecule has 1 fully saturated rings. The zero-order chi connectivity index (χ0) is 45.9. The van der Waals surface area contributed by atoms with Gasteiger partial charge in [-0.05, 0) is 109 Å². The van der Waals surface area contributed by atoms with E-state index in [4.69, 9.17) is 9.47 Å². The second kappa shape index (κ2) is 44.1. The van der Waals surface area contributed by atoms with Gasteiger partial charge in [0.1, 0.15) is 0 Å². The lowest BCUT2D eigenvalue weighted by molar-refractivity contribution is -0.149. The summed E-state index contributed by atoms with van der Waals surface area (Å²) in [5.74, 6) is 0.611. The van der Waals surface area contributed by atoms with Gasteiger partial charge in [-0.15, -0.1) is 0 Å². The standard InChI is InChI=1S/C54H105N3O6/c1-5-9-13-17-20-23-33-49(32-22-16-12-8-4)46-55-52(59)35-24-21-28-42-57(51-38-39-51)43-31-30-41-56(44-45-58)40-29-27-34-50(47-62-53(60)36-25-18-14-10-6-2)48-63-54(61)37-26-19-15-11-7-3/h49-51,58H,5-48H2,1-4H3,(H,55,59). The minimum atomic E-state index is -0.141. The molecule has 1 rings (SSSR count). The van der Waals surface area contributed by atoms with E-state index in [9.17, 15) is 19.5 Å². The summed E-state index contributed by atoms with van der Waals surface area (Å²) < 4.78 is 11.4. The summed E-state index contributed by atoms with van der Waals surface area (Å²) in [5.41, 5.74) is 0. The van der Waals surface area contributed by atoms with E-state index in [-0.39, 0.29) is 30.4 Å². The van der Waals surface area contributed by atoms with Crippen molar-refractivity contribution < 1.29 is 29.0 Å². The van der Waals surface area contributed by atoms with E-state index >= 15 is 0 Å². The fourth-order valence-electron chi connectivity index (χ4n) is 8.88. The second-order valence-electron chi connectivity index (χ2n) is 19.5. The lowest BCUT2D eigenvalue weighted by atomic mass is 9.94. The van der Waals surface area contributed by atoms with Crippen molar-refractivity contribution in [1.29, 1.82) is 0 Å². The fourth-order valence-corrected chi connectivity index (χ4v) is 8.88. The molecular weight excluding hydrogens is 787 g/mol. The zero-order valence-electron chi connectivity index (χ0n) is 42.2. The number of nitrogens with zero attached hydrogens (tertiary/aromatic N) is 2. The maximum atomic E-state index is 12.8. The van der Waals surface area contributed by atoms with Crippen LogP contribution in [0.2, 0.25) is 0 Å². The maximum Gasteiger partial charge on any atom is 0.305 e. The van der Waals surface area contributed by atoms with Crippen molar-refractivity contribution in [2.24, 2.45) is 11.8 Å². The van der Waals surface area contributed by atoms with Crippen LogP contribution in [0.5, 0.6) is 0 Å². The number of carbonyl (C=O) groups excluding carboxylic acids is 3. The molecule has 1 aliphatic rings. The average molecular weight is 892 g/mol. The molecule has 0 bridgehead atoms. The first kappa shape index (κ1) is 59.3. The van der Waals surface area contributed by atoms with E-state index < -0.39 is 0 Å². The van der Waals surface area contributed by atoms with Crippen LogP contribution < -0.4 is 5.32 Å². The van der Waals surface area contributed by atoms with Crippen LogP contribution in [0.3, 0.4) is 0 Å².